The van der Waals surface area contributed by atoms with E-state index in [1.165, 1.54) is 12.8 Å². The monoisotopic (exact) mass is 224 g/mol. The van der Waals surface area contributed by atoms with Crippen molar-refractivity contribution in [3.8, 4) is 0 Å². The zero-order valence-electron chi connectivity index (χ0n) is 10.0. The molecule has 1 saturated carbocycles. The molecule has 0 aromatic heterocycles. The van der Waals surface area contributed by atoms with E-state index in [2.05, 4.69) is 12.2 Å². The van der Waals surface area contributed by atoms with Crippen LogP contribution in [0.2, 0.25) is 0 Å². The molecule has 4 heteroatoms. The van der Waals surface area contributed by atoms with E-state index in [1.807, 2.05) is 4.90 Å². The highest BCUT2D eigenvalue weighted by atomic mass is 16.2. The first-order valence-electron chi connectivity index (χ1n) is 6.19. The van der Waals surface area contributed by atoms with Crippen molar-refractivity contribution in [2.24, 2.45) is 5.92 Å². The summed E-state index contributed by atoms with van der Waals surface area (Å²) >= 11 is 0. The van der Waals surface area contributed by atoms with Crippen LogP contribution in [0.25, 0.3) is 0 Å². The second kappa shape index (κ2) is 4.44. The Kier molecular flexibility index (Phi) is 3.17. The van der Waals surface area contributed by atoms with Crippen molar-refractivity contribution in [2.75, 3.05) is 6.54 Å². The largest absolute Gasteiger partial charge is 0.345 e. The van der Waals surface area contributed by atoms with E-state index >= 15 is 0 Å². The Balaban J connectivity index is 2.12. The molecule has 1 aliphatic heterocycles. The van der Waals surface area contributed by atoms with Crippen molar-refractivity contribution in [3.63, 3.8) is 0 Å². The van der Waals surface area contributed by atoms with Crippen molar-refractivity contribution < 1.29 is 9.59 Å². The summed E-state index contributed by atoms with van der Waals surface area (Å²) in [6, 6.07) is -0.00884. The Morgan fingerprint density at radius 3 is 2.62 bits per heavy atom. The molecule has 16 heavy (non-hydrogen) atoms. The van der Waals surface area contributed by atoms with Gasteiger partial charge in [0.1, 0.15) is 6.04 Å². The zero-order chi connectivity index (χ0) is 11.7. The molecule has 2 fully saturated rings. The number of rotatable bonds is 1. The van der Waals surface area contributed by atoms with Crippen molar-refractivity contribution in [1.82, 2.24) is 10.2 Å². The molecule has 1 heterocycles. The molecular formula is C12H20N2O2. The molecular weight excluding hydrogens is 204 g/mol. The first-order valence-corrected chi connectivity index (χ1v) is 6.19. The Morgan fingerprint density at radius 2 is 2.00 bits per heavy atom. The molecule has 90 valence electrons. The number of carbonyl (C=O) groups excluding carboxylic acids is 2. The van der Waals surface area contributed by atoms with Gasteiger partial charge >= 0.3 is 0 Å². The van der Waals surface area contributed by atoms with Crippen molar-refractivity contribution in [1.29, 1.82) is 0 Å². The van der Waals surface area contributed by atoms with Gasteiger partial charge in [-0.05, 0) is 25.7 Å². The number of hydrogen-bond donors (Lipinski definition) is 1. The lowest BCUT2D eigenvalue weighted by Crippen LogP contribution is -2.47. The van der Waals surface area contributed by atoms with Gasteiger partial charge in [0.25, 0.3) is 0 Å². The molecule has 4 nitrogen and oxygen atoms in total. The van der Waals surface area contributed by atoms with E-state index in [4.69, 9.17) is 0 Å². The Labute approximate surface area is 96.4 Å². The van der Waals surface area contributed by atoms with Crippen LogP contribution in [-0.4, -0.2) is 35.3 Å². The molecule has 2 amide bonds. The van der Waals surface area contributed by atoms with Gasteiger partial charge in [-0.15, -0.1) is 0 Å². The lowest BCUT2D eigenvalue weighted by Gasteiger charge is -2.31. The average molecular weight is 224 g/mol. The SMILES string of the molecule is CC1NC(=O)CCN(C2CCCC2C)C1=O. The van der Waals surface area contributed by atoms with Gasteiger partial charge < -0.3 is 10.2 Å². The predicted octanol–water partition coefficient (Wildman–Crippen LogP) is 0.912. The van der Waals surface area contributed by atoms with Gasteiger partial charge in [-0.1, -0.05) is 13.3 Å². The quantitative estimate of drug-likeness (QED) is 0.720. The van der Waals surface area contributed by atoms with Crippen LogP contribution in [0.15, 0.2) is 0 Å². The van der Waals surface area contributed by atoms with E-state index < -0.39 is 0 Å². The molecule has 1 aliphatic carbocycles. The molecule has 2 rings (SSSR count). The zero-order valence-corrected chi connectivity index (χ0v) is 10.0. The standard InChI is InChI=1S/C12H20N2O2/c1-8-4-3-5-10(8)14-7-6-11(15)13-9(2)12(14)16/h8-10H,3-7H2,1-2H3,(H,13,15). The summed E-state index contributed by atoms with van der Waals surface area (Å²) < 4.78 is 0. The Morgan fingerprint density at radius 1 is 1.25 bits per heavy atom. The van der Waals surface area contributed by atoms with Gasteiger partial charge in [0.15, 0.2) is 0 Å². The van der Waals surface area contributed by atoms with E-state index in [0.717, 1.165) is 6.42 Å². The van der Waals surface area contributed by atoms with Crippen molar-refractivity contribution >= 4 is 11.8 Å². The van der Waals surface area contributed by atoms with Crippen LogP contribution in [0.5, 0.6) is 0 Å². The average Bonchev–Trinajstić information content (AvgIpc) is 2.59. The third-order valence-corrected chi connectivity index (χ3v) is 3.83. The first-order chi connectivity index (χ1) is 7.59. The second-order valence-electron chi connectivity index (χ2n) is 5.05. The molecule has 1 saturated heterocycles. The van der Waals surface area contributed by atoms with Gasteiger partial charge in [-0.25, -0.2) is 0 Å². The second-order valence-corrected chi connectivity index (χ2v) is 5.05. The first kappa shape index (κ1) is 11.4. The van der Waals surface area contributed by atoms with Crippen LogP contribution in [0, 0.1) is 5.92 Å². The highest BCUT2D eigenvalue weighted by Gasteiger charge is 2.35. The maximum atomic E-state index is 12.1. The number of nitrogens with zero attached hydrogens (tertiary/aromatic N) is 1. The smallest absolute Gasteiger partial charge is 0.245 e. The van der Waals surface area contributed by atoms with E-state index in [9.17, 15) is 9.59 Å². The third-order valence-electron chi connectivity index (χ3n) is 3.83. The minimum absolute atomic E-state index is 0.00556. The van der Waals surface area contributed by atoms with Crippen molar-refractivity contribution in [2.45, 2.75) is 51.6 Å². The minimum atomic E-state index is -0.359. The van der Waals surface area contributed by atoms with Gasteiger partial charge in [0.2, 0.25) is 11.8 Å². The summed E-state index contributed by atoms with van der Waals surface area (Å²) in [4.78, 5) is 25.5. The number of amides is 2. The van der Waals surface area contributed by atoms with E-state index in [0.29, 0.717) is 24.9 Å². The van der Waals surface area contributed by atoms with Gasteiger partial charge in [-0.3, -0.25) is 9.59 Å². The Hall–Kier alpha value is -1.06. The normalized spacial score (nSPS) is 36.1. The lowest BCUT2D eigenvalue weighted by atomic mass is 10.0. The lowest BCUT2D eigenvalue weighted by molar-refractivity contribution is -0.135. The molecule has 0 aromatic carbocycles. The van der Waals surface area contributed by atoms with Gasteiger partial charge in [-0.2, -0.15) is 0 Å². The minimum Gasteiger partial charge on any atom is -0.345 e. The topological polar surface area (TPSA) is 49.4 Å². The Bertz CT molecular complexity index is 303. The summed E-state index contributed by atoms with van der Waals surface area (Å²) in [5.41, 5.74) is 0. The van der Waals surface area contributed by atoms with Crippen LogP contribution < -0.4 is 5.32 Å². The maximum Gasteiger partial charge on any atom is 0.245 e. The fourth-order valence-electron chi connectivity index (χ4n) is 2.87. The molecule has 3 unspecified atom stereocenters. The van der Waals surface area contributed by atoms with Crippen LogP contribution >= 0.6 is 0 Å². The summed E-state index contributed by atoms with van der Waals surface area (Å²) in [6.07, 6.45) is 3.93. The summed E-state index contributed by atoms with van der Waals surface area (Å²) in [5.74, 6) is 0.656. The highest BCUT2D eigenvalue weighted by molar-refractivity contribution is 5.89. The summed E-state index contributed by atoms with van der Waals surface area (Å²) in [5, 5.41) is 2.73. The predicted molar refractivity (Wildman–Crippen MR) is 60.7 cm³/mol. The molecule has 0 bridgehead atoms. The number of hydrogen-bond acceptors (Lipinski definition) is 2. The van der Waals surface area contributed by atoms with Gasteiger partial charge in [0, 0.05) is 19.0 Å². The van der Waals surface area contributed by atoms with E-state index in [1.54, 1.807) is 6.92 Å². The maximum absolute atomic E-state index is 12.1. The van der Waals surface area contributed by atoms with E-state index in [-0.39, 0.29) is 17.9 Å². The van der Waals surface area contributed by atoms with Crippen LogP contribution in [0.1, 0.15) is 39.5 Å². The molecule has 0 spiro atoms. The molecule has 2 aliphatic rings. The third kappa shape index (κ3) is 2.06. The fraction of sp³-hybridized carbons (Fsp3) is 0.833. The highest BCUT2D eigenvalue weighted by Crippen LogP contribution is 2.30. The van der Waals surface area contributed by atoms with Crippen LogP contribution in [0.3, 0.4) is 0 Å². The van der Waals surface area contributed by atoms with Crippen molar-refractivity contribution in [3.05, 3.63) is 0 Å². The molecule has 3 atom stereocenters. The number of carbonyl (C=O) groups is 2. The molecule has 1 N–H and O–H groups in total. The number of nitrogens with one attached hydrogen (secondary N) is 1. The van der Waals surface area contributed by atoms with Crippen LogP contribution in [0.4, 0.5) is 0 Å². The molecule has 0 aromatic rings. The fourth-order valence-corrected chi connectivity index (χ4v) is 2.87. The van der Waals surface area contributed by atoms with Crippen LogP contribution in [-0.2, 0) is 9.59 Å². The van der Waals surface area contributed by atoms with Gasteiger partial charge in [0.05, 0.1) is 0 Å². The summed E-state index contributed by atoms with van der Waals surface area (Å²) in [6.45, 7) is 4.57. The molecule has 0 radical (unpaired) electrons. The summed E-state index contributed by atoms with van der Waals surface area (Å²) in [7, 11) is 0.